The largest absolute Gasteiger partial charge is 0.362 e. The molecular weight excluding hydrogens is 331 g/mol. The Labute approximate surface area is 138 Å². The van der Waals surface area contributed by atoms with E-state index >= 15 is 0 Å². The maximum absolute atomic E-state index is 11.5. The van der Waals surface area contributed by atoms with E-state index in [1.165, 1.54) is 0 Å². The standard InChI is InChI=1S/C15H15Cl3N2O/c1-2-13(21)20-14(15(16,17)18)19-12-8-7-10-5-3-4-6-11(10)9-12/h3-9,14,19H,2H2,1H3,(H,20,21). The molecule has 0 saturated heterocycles. The van der Waals surface area contributed by atoms with E-state index in [1.54, 1.807) is 6.92 Å². The number of anilines is 1. The van der Waals surface area contributed by atoms with Gasteiger partial charge in [-0.25, -0.2) is 0 Å². The first-order valence-corrected chi connectivity index (χ1v) is 7.65. The summed E-state index contributed by atoms with van der Waals surface area (Å²) in [6.45, 7) is 1.74. The molecule has 3 nitrogen and oxygen atoms in total. The molecular formula is C15H15Cl3N2O. The molecule has 0 bridgehead atoms. The van der Waals surface area contributed by atoms with Gasteiger partial charge in [-0.05, 0) is 22.9 Å². The van der Waals surface area contributed by atoms with Gasteiger partial charge in [0.2, 0.25) is 9.70 Å². The lowest BCUT2D eigenvalue weighted by Crippen LogP contribution is -2.48. The van der Waals surface area contributed by atoms with Crippen molar-refractivity contribution in [2.45, 2.75) is 23.3 Å². The number of hydrogen-bond acceptors (Lipinski definition) is 2. The minimum absolute atomic E-state index is 0.195. The van der Waals surface area contributed by atoms with Crippen molar-refractivity contribution in [1.82, 2.24) is 5.32 Å². The molecule has 0 aliphatic carbocycles. The number of benzene rings is 2. The van der Waals surface area contributed by atoms with Crippen LogP contribution in [0.15, 0.2) is 42.5 Å². The predicted octanol–water partition coefficient (Wildman–Crippen LogP) is 4.47. The van der Waals surface area contributed by atoms with Gasteiger partial charge in [-0.2, -0.15) is 0 Å². The Morgan fingerprint density at radius 2 is 1.81 bits per heavy atom. The second-order valence-corrected chi connectivity index (χ2v) is 6.97. The Morgan fingerprint density at radius 1 is 1.14 bits per heavy atom. The van der Waals surface area contributed by atoms with E-state index in [4.69, 9.17) is 34.8 Å². The maximum atomic E-state index is 11.5. The molecule has 0 heterocycles. The number of rotatable bonds is 4. The molecule has 0 saturated carbocycles. The first-order chi connectivity index (χ1) is 9.90. The average molecular weight is 346 g/mol. The normalized spacial score (nSPS) is 13.0. The second-order valence-electron chi connectivity index (χ2n) is 4.60. The van der Waals surface area contributed by atoms with E-state index in [0.717, 1.165) is 16.5 Å². The third-order valence-corrected chi connectivity index (χ3v) is 3.67. The van der Waals surface area contributed by atoms with Crippen molar-refractivity contribution in [2.24, 2.45) is 0 Å². The number of alkyl halides is 3. The highest BCUT2D eigenvalue weighted by Crippen LogP contribution is 2.31. The Bertz CT molecular complexity index is 640. The fraction of sp³-hybridized carbons (Fsp3) is 0.267. The van der Waals surface area contributed by atoms with Crippen molar-refractivity contribution in [3.63, 3.8) is 0 Å². The van der Waals surface area contributed by atoms with Crippen LogP contribution in [0.4, 0.5) is 5.69 Å². The quantitative estimate of drug-likeness (QED) is 0.634. The summed E-state index contributed by atoms with van der Waals surface area (Å²) in [4.78, 5) is 11.5. The molecule has 1 atom stereocenters. The van der Waals surface area contributed by atoms with Crippen LogP contribution in [0, 0.1) is 0 Å². The van der Waals surface area contributed by atoms with E-state index in [9.17, 15) is 4.79 Å². The molecule has 2 rings (SSSR count). The van der Waals surface area contributed by atoms with Crippen LogP contribution in [0.1, 0.15) is 13.3 Å². The predicted molar refractivity (Wildman–Crippen MR) is 90.1 cm³/mol. The summed E-state index contributed by atoms with van der Waals surface area (Å²) in [5, 5.41) is 7.88. The van der Waals surface area contributed by atoms with E-state index in [1.807, 2.05) is 42.5 Å². The van der Waals surface area contributed by atoms with Gasteiger partial charge in [0.1, 0.15) is 6.17 Å². The van der Waals surface area contributed by atoms with Gasteiger partial charge in [-0.1, -0.05) is 72.1 Å². The SMILES string of the molecule is CCC(=O)NC(Nc1ccc2ccccc2c1)C(Cl)(Cl)Cl. The molecule has 6 heteroatoms. The number of carbonyl (C=O) groups is 1. The molecule has 112 valence electrons. The zero-order valence-electron chi connectivity index (χ0n) is 11.4. The van der Waals surface area contributed by atoms with Crippen LogP contribution in [0.25, 0.3) is 10.8 Å². The number of nitrogens with one attached hydrogen (secondary N) is 2. The van der Waals surface area contributed by atoms with Crippen LogP contribution in [-0.4, -0.2) is 15.9 Å². The molecule has 2 aromatic carbocycles. The molecule has 21 heavy (non-hydrogen) atoms. The lowest BCUT2D eigenvalue weighted by Gasteiger charge is -2.27. The Balaban J connectivity index is 2.23. The Hall–Kier alpha value is -1.16. The molecule has 0 spiro atoms. The molecule has 2 aromatic rings. The molecule has 0 aliphatic rings. The number of fused-ring (bicyclic) bond motifs is 1. The van der Waals surface area contributed by atoms with E-state index < -0.39 is 9.96 Å². The molecule has 0 aliphatic heterocycles. The first-order valence-electron chi connectivity index (χ1n) is 6.51. The lowest BCUT2D eigenvalue weighted by atomic mass is 10.1. The fourth-order valence-electron chi connectivity index (χ4n) is 1.91. The van der Waals surface area contributed by atoms with Crippen molar-refractivity contribution in [3.05, 3.63) is 42.5 Å². The number of hydrogen-bond donors (Lipinski definition) is 2. The van der Waals surface area contributed by atoms with Gasteiger partial charge in [0.15, 0.2) is 0 Å². The Kier molecular flexibility index (Phi) is 5.20. The summed E-state index contributed by atoms with van der Waals surface area (Å²) in [5.41, 5.74) is 0.765. The average Bonchev–Trinajstić information content (AvgIpc) is 2.45. The van der Waals surface area contributed by atoms with Crippen molar-refractivity contribution >= 4 is 57.2 Å². The van der Waals surface area contributed by atoms with Crippen molar-refractivity contribution in [1.29, 1.82) is 0 Å². The van der Waals surface area contributed by atoms with Crippen molar-refractivity contribution < 1.29 is 4.79 Å². The fourth-order valence-corrected chi connectivity index (χ4v) is 2.24. The molecule has 0 aromatic heterocycles. The highest BCUT2D eigenvalue weighted by Gasteiger charge is 2.33. The first kappa shape index (κ1) is 16.2. The summed E-state index contributed by atoms with van der Waals surface area (Å²) in [6.07, 6.45) is -0.493. The summed E-state index contributed by atoms with van der Waals surface area (Å²) in [5.74, 6) is -0.195. The van der Waals surface area contributed by atoms with E-state index in [2.05, 4.69) is 10.6 Å². The van der Waals surface area contributed by atoms with Gasteiger partial charge < -0.3 is 10.6 Å². The minimum atomic E-state index is -1.66. The van der Waals surface area contributed by atoms with Crippen LogP contribution in [-0.2, 0) is 4.79 Å². The number of amides is 1. The van der Waals surface area contributed by atoms with E-state index in [-0.39, 0.29) is 5.91 Å². The minimum Gasteiger partial charge on any atom is -0.362 e. The lowest BCUT2D eigenvalue weighted by molar-refractivity contribution is -0.121. The summed E-state index contributed by atoms with van der Waals surface area (Å²) < 4.78 is -1.66. The zero-order valence-corrected chi connectivity index (χ0v) is 13.6. The van der Waals surface area contributed by atoms with Gasteiger partial charge >= 0.3 is 0 Å². The van der Waals surface area contributed by atoms with Crippen molar-refractivity contribution in [3.8, 4) is 0 Å². The van der Waals surface area contributed by atoms with Crippen LogP contribution in [0.2, 0.25) is 0 Å². The highest BCUT2D eigenvalue weighted by molar-refractivity contribution is 6.68. The monoisotopic (exact) mass is 344 g/mol. The zero-order chi connectivity index (χ0) is 15.5. The molecule has 1 unspecified atom stereocenters. The summed E-state index contributed by atoms with van der Waals surface area (Å²) in [6, 6.07) is 13.7. The third kappa shape index (κ3) is 4.40. The van der Waals surface area contributed by atoms with Crippen LogP contribution in [0.5, 0.6) is 0 Å². The smallest absolute Gasteiger partial charge is 0.228 e. The maximum Gasteiger partial charge on any atom is 0.228 e. The van der Waals surface area contributed by atoms with E-state index in [0.29, 0.717) is 6.42 Å². The molecule has 2 N–H and O–H groups in total. The van der Waals surface area contributed by atoms with Gasteiger partial charge in [0.05, 0.1) is 0 Å². The van der Waals surface area contributed by atoms with Crippen LogP contribution < -0.4 is 10.6 Å². The number of carbonyl (C=O) groups excluding carboxylic acids is 1. The van der Waals surface area contributed by atoms with Crippen molar-refractivity contribution in [2.75, 3.05) is 5.32 Å². The Morgan fingerprint density at radius 3 is 2.43 bits per heavy atom. The van der Waals surface area contributed by atoms with Crippen LogP contribution >= 0.6 is 34.8 Å². The highest BCUT2D eigenvalue weighted by atomic mass is 35.6. The topological polar surface area (TPSA) is 41.1 Å². The molecule has 0 fully saturated rings. The van der Waals surface area contributed by atoms with Gasteiger partial charge in [-0.3, -0.25) is 4.79 Å². The summed E-state index contributed by atoms with van der Waals surface area (Å²) >= 11 is 17.8. The second kappa shape index (κ2) is 6.73. The van der Waals surface area contributed by atoms with Crippen LogP contribution in [0.3, 0.4) is 0 Å². The molecule has 1 amide bonds. The summed E-state index contributed by atoms with van der Waals surface area (Å²) in [7, 11) is 0. The molecule has 0 radical (unpaired) electrons. The van der Waals surface area contributed by atoms with Gasteiger partial charge in [0, 0.05) is 12.1 Å². The van der Waals surface area contributed by atoms with Gasteiger partial charge in [0.25, 0.3) is 0 Å². The van der Waals surface area contributed by atoms with Gasteiger partial charge in [-0.15, -0.1) is 0 Å². The third-order valence-electron chi connectivity index (χ3n) is 3.01. The number of halogens is 3.